The van der Waals surface area contributed by atoms with Crippen molar-refractivity contribution >= 4 is 45.0 Å². The summed E-state index contributed by atoms with van der Waals surface area (Å²) in [5.74, 6) is -0.0251. The predicted molar refractivity (Wildman–Crippen MR) is 99.6 cm³/mol. The predicted octanol–water partition coefficient (Wildman–Crippen LogP) is 4.11. The number of hydrogen-bond donors (Lipinski definition) is 0. The van der Waals surface area contributed by atoms with Gasteiger partial charge in [0.1, 0.15) is 5.69 Å². The SMILES string of the molecule is O=C(c1ccc(Br)cn1)N1CCN(Cc2cccc(Cl)c2Cl)CC1. The van der Waals surface area contributed by atoms with E-state index < -0.39 is 0 Å². The van der Waals surface area contributed by atoms with Crippen LogP contribution in [-0.2, 0) is 6.54 Å². The van der Waals surface area contributed by atoms with E-state index in [4.69, 9.17) is 23.2 Å². The molecule has 1 aliphatic heterocycles. The van der Waals surface area contributed by atoms with Gasteiger partial charge in [-0.2, -0.15) is 0 Å². The summed E-state index contributed by atoms with van der Waals surface area (Å²) >= 11 is 15.6. The maximum absolute atomic E-state index is 12.5. The molecule has 4 nitrogen and oxygen atoms in total. The summed E-state index contributed by atoms with van der Waals surface area (Å²) < 4.78 is 0.863. The van der Waals surface area contributed by atoms with Gasteiger partial charge in [0.15, 0.2) is 0 Å². The molecule has 0 N–H and O–H groups in total. The average Bonchev–Trinajstić information content (AvgIpc) is 2.60. The van der Waals surface area contributed by atoms with Crippen LogP contribution in [0.25, 0.3) is 0 Å². The fourth-order valence-electron chi connectivity index (χ4n) is 2.68. The zero-order chi connectivity index (χ0) is 17.1. The molecule has 1 fully saturated rings. The van der Waals surface area contributed by atoms with Gasteiger partial charge in [-0.25, -0.2) is 4.98 Å². The van der Waals surface area contributed by atoms with Gasteiger partial charge in [0.05, 0.1) is 10.0 Å². The Labute approximate surface area is 159 Å². The molecule has 1 saturated heterocycles. The molecule has 0 spiro atoms. The zero-order valence-corrected chi connectivity index (χ0v) is 16.0. The van der Waals surface area contributed by atoms with Crippen molar-refractivity contribution in [3.63, 3.8) is 0 Å². The van der Waals surface area contributed by atoms with E-state index in [0.29, 0.717) is 28.8 Å². The maximum atomic E-state index is 12.5. The van der Waals surface area contributed by atoms with Gasteiger partial charge >= 0.3 is 0 Å². The molecule has 7 heteroatoms. The van der Waals surface area contributed by atoms with Crippen LogP contribution >= 0.6 is 39.1 Å². The second kappa shape index (κ2) is 7.83. The minimum Gasteiger partial charge on any atom is -0.335 e. The molecule has 0 aliphatic carbocycles. The van der Waals surface area contributed by atoms with Crippen molar-refractivity contribution in [2.24, 2.45) is 0 Å². The van der Waals surface area contributed by atoms with Crippen molar-refractivity contribution in [1.29, 1.82) is 0 Å². The third-order valence-corrected chi connectivity index (χ3v) is 5.36. The Morgan fingerprint density at radius 2 is 1.88 bits per heavy atom. The number of halogens is 3. The lowest BCUT2D eigenvalue weighted by molar-refractivity contribution is 0.0622. The summed E-state index contributed by atoms with van der Waals surface area (Å²) in [7, 11) is 0. The molecule has 2 heterocycles. The van der Waals surface area contributed by atoms with E-state index in [9.17, 15) is 4.79 Å². The fraction of sp³-hybridized carbons (Fsp3) is 0.294. The number of carbonyl (C=O) groups excluding carboxylic acids is 1. The van der Waals surface area contributed by atoms with E-state index in [2.05, 4.69) is 25.8 Å². The van der Waals surface area contributed by atoms with Crippen LogP contribution in [0.15, 0.2) is 41.0 Å². The molecule has 0 radical (unpaired) electrons. The molecule has 0 saturated carbocycles. The van der Waals surface area contributed by atoms with E-state index in [-0.39, 0.29) is 5.91 Å². The van der Waals surface area contributed by atoms with Crippen molar-refractivity contribution in [1.82, 2.24) is 14.8 Å². The lowest BCUT2D eigenvalue weighted by Crippen LogP contribution is -2.48. The molecular formula is C17H16BrCl2N3O. The highest BCUT2D eigenvalue weighted by Crippen LogP contribution is 2.26. The Bertz CT molecular complexity index is 731. The Morgan fingerprint density at radius 3 is 2.54 bits per heavy atom. The molecular weight excluding hydrogens is 413 g/mol. The first-order valence-corrected chi connectivity index (χ1v) is 9.15. The van der Waals surface area contributed by atoms with Gasteiger partial charge in [-0.15, -0.1) is 0 Å². The van der Waals surface area contributed by atoms with Crippen LogP contribution in [0.3, 0.4) is 0 Å². The smallest absolute Gasteiger partial charge is 0.272 e. The second-order valence-electron chi connectivity index (χ2n) is 5.64. The molecule has 24 heavy (non-hydrogen) atoms. The van der Waals surface area contributed by atoms with Crippen LogP contribution in [0.4, 0.5) is 0 Å². The first-order chi connectivity index (χ1) is 11.5. The molecule has 1 aliphatic rings. The first-order valence-electron chi connectivity index (χ1n) is 7.60. The normalized spacial score (nSPS) is 15.5. The minimum atomic E-state index is -0.0251. The highest BCUT2D eigenvalue weighted by molar-refractivity contribution is 9.10. The number of benzene rings is 1. The van der Waals surface area contributed by atoms with Crippen LogP contribution in [0.5, 0.6) is 0 Å². The summed E-state index contributed by atoms with van der Waals surface area (Å²) in [4.78, 5) is 20.8. The number of amides is 1. The van der Waals surface area contributed by atoms with Gasteiger partial charge in [0.25, 0.3) is 5.91 Å². The number of hydrogen-bond acceptors (Lipinski definition) is 3. The standard InChI is InChI=1S/C17H16BrCl2N3O/c18-13-4-5-15(21-10-13)17(24)23-8-6-22(7-9-23)11-12-2-1-3-14(19)16(12)20/h1-5,10H,6-9,11H2. The molecule has 0 bridgehead atoms. The Morgan fingerprint density at radius 1 is 1.12 bits per heavy atom. The molecule has 1 aromatic heterocycles. The van der Waals surface area contributed by atoms with E-state index in [1.165, 1.54) is 0 Å². The van der Waals surface area contributed by atoms with E-state index in [1.54, 1.807) is 18.3 Å². The molecule has 0 unspecified atom stereocenters. The Balaban J connectivity index is 1.58. The quantitative estimate of drug-likeness (QED) is 0.737. The molecule has 3 rings (SSSR count). The number of rotatable bonds is 3. The van der Waals surface area contributed by atoms with Crippen molar-refractivity contribution in [3.8, 4) is 0 Å². The summed E-state index contributed by atoms with van der Waals surface area (Å²) in [6.45, 7) is 3.68. The van der Waals surface area contributed by atoms with Gasteiger partial charge in [-0.1, -0.05) is 35.3 Å². The van der Waals surface area contributed by atoms with Crippen LogP contribution in [0, 0.1) is 0 Å². The van der Waals surface area contributed by atoms with Gasteiger partial charge in [0, 0.05) is 43.4 Å². The number of nitrogens with zero attached hydrogens (tertiary/aromatic N) is 3. The van der Waals surface area contributed by atoms with E-state index in [0.717, 1.165) is 29.7 Å². The highest BCUT2D eigenvalue weighted by atomic mass is 79.9. The van der Waals surface area contributed by atoms with Crippen LogP contribution in [0.2, 0.25) is 10.0 Å². The summed E-state index contributed by atoms with van der Waals surface area (Å²) in [5, 5.41) is 1.18. The number of carbonyl (C=O) groups is 1. The lowest BCUT2D eigenvalue weighted by Gasteiger charge is -2.34. The summed E-state index contributed by atoms with van der Waals surface area (Å²) in [6, 6.07) is 9.25. The topological polar surface area (TPSA) is 36.4 Å². The highest BCUT2D eigenvalue weighted by Gasteiger charge is 2.23. The van der Waals surface area contributed by atoms with E-state index in [1.807, 2.05) is 23.1 Å². The van der Waals surface area contributed by atoms with Gasteiger partial charge in [-0.3, -0.25) is 9.69 Å². The van der Waals surface area contributed by atoms with Crippen LogP contribution < -0.4 is 0 Å². The molecule has 2 aromatic rings. The van der Waals surface area contributed by atoms with Crippen LogP contribution in [0.1, 0.15) is 16.1 Å². The van der Waals surface area contributed by atoms with Crippen molar-refractivity contribution in [2.75, 3.05) is 26.2 Å². The summed E-state index contributed by atoms with van der Waals surface area (Å²) in [6.07, 6.45) is 1.64. The lowest BCUT2D eigenvalue weighted by atomic mass is 10.2. The van der Waals surface area contributed by atoms with Gasteiger partial charge < -0.3 is 4.90 Å². The molecule has 1 amide bonds. The monoisotopic (exact) mass is 427 g/mol. The van der Waals surface area contributed by atoms with Crippen LogP contribution in [-0.4, -0.2) is 46.9 Å². The van der Waals surface area contributed by atoms with Gasteiger partial charge in [-0.05, 0) is 39.7 Å². The summed E-state index contributed by atoms with van der Waals surface area (Å²) in [5.41, 5.74) is 1.49. The fourth-order valence-corrected chi connectivity index (χ4v) is 3.30. The number of aromatic nitrogens is 1. The molecule has 1 aromatic carbocycles. The van der Waals surface area contributed by atoms with Crippen molar-refractivity contribution < 1.29 is 4.79 Å². The van der Waals surface area contributed by atoms with Crippen molar-refractivity contribution in [3.05, 3.63) is 62.3 Å². The third kappa shape index (κ3) is 4.09. The maximum Gasteiger partial charge on any atom is 0.272 e. The van der Waals surface area contributed by atoms with Gasteiger partial charge in [0.2, 0.25) is 0 Å². The Hall–Kier alpha value is -1.14. The second-order valence-corrected chi connectivity index (χ2v) is 7.34. The average molecular weight is 429 g/mol. The first kappa shape index (κ1) is 17.7. The minimum absolute atomic E-state index is 0.0251. The number of pyridine rings is 1. The van der Waals surface area contributed by atoms with Crippen molar-refractivity contribution in [2.45, 2.75) is 6.54 Å². The molecule has 0 atom stereocenters. The number of piperazine rings is 1. The third-order valence-electron chi connectivity index (χ3n) is 4.03. The largest absolute Gasteiger partial charge is 0.335 e. The Kier molecular flexibility index (Phi) is 5.76. The molecule has 126 valence electrons. The zero-order valence-electron chi connectivity index (χ0n) is 12.9. The van der Waals surface area contributed by atoms with E-state index >= 15 is 0 Å².